The van der Waals surface area contributed by atoms with Crippen LogP contribution in [0.2, 0.25) is 5.02 Å². The van der Waals surface area contributed by atoms with E-state index in [2.05, 4.69) is 28.2 Å². The Morgan fingerprint density at radius 3 is 2.65 bits per heavy atom. The van der Waals surface area contributed by atoms with Gasteiger partial charge in [0.15, 0.2) is 0 Å². The monoisotopic (exact) mass is 355 g/mol. The number of nitrogens with one attached hydrogen (secondary N) is 1. The molecule has 0 fully saturated rings. The van der Waals surface area contributed by atoms with Gasteiger partial charge >= 0.3 is 0 Å². The topological polar surface area (TPSA) is 12.0 Å². The molecule has 2 rings (SSSR count). The summed E-state index contributed by atoms with van der Waals surface area (Å²) in [5, 5.41) is 4.22. The van der Waals surface area contributed by atoms with Gasteiger partial charge in [-0.1, -0.05) is 51.8 Å². The van der Waals surface area contributed by atoms with Crippen molar-refractivity contribution in [1.29, 1.82) is 0 Å². The molecule has 0 heterocycles. The van der Waals surface area contributed by atoms with E-state index in [1.54, 1.807) is 6.07 Å². The highest BCUT2D eigenvalue weighted by Gasteiger charge is 2.07. The Morgan fingerprint density at radius 1 is 1.20 bits per heavy atom. The summed E-state index contributed by atoms with van der Waals surface area (Å²) in [6, 6.07) is 12.9. The zero-order valence-corrected chi connectivity index (χ0v) is 13.5. The van der Waals surface area contributed by atoms with Crippen molar-refractivity contribution in [3.8, 4) is 0 Å². The molecule has 0 saturated carbocycles. The number of halogens is 3. The molecule has 0 radical (unpaired) electrons. The predicted octanol–water partition coefficient (Wildman–Crippen LogP) is 4.96. The molecule has 0 aliphatic rings. The van der Waals surface area contributed by atoms with E-state index in [9.17, 15) is 4.39 Å². The van der Waals surface area contributed by atoms with Crippen molar-refractivity contribution in [1.82, 2.24) is 5.32 Å². The molecule has 0 spiro atoms. The molecule has 1 N–H and O–H groups in total. The Hall–Kier alpha value is -0.900. The van der Waals surface area contributed by atoms with Crippen LogP contribution in [-0.4, -0.2) is 6.04 Å². The number of benzene rings is 2. The fraction of sp³-hybridized carbons (Fsp3) is 0.250. The first-order chi connectivity index (χ1) is 9.56. The average molecular weight is 357 g/mol. The predicted molar refractivity (Wildman–Crippen MR) is 85.6 cm³/mol. The van der Waals surface area contributed by atoms with Crippen LogP contribution >= 0.6 is 27.5 Å². The van der Waals surface area contributed by atoms with Gasteiger partial charge in [0.1, 0.15) is 5.82 Å². The van der Waals surface area contributed by atoms with Crippen LogP contribution in [0, 0.1) is 5.82 Å². The first-order valence-electron chi connectivity index (χ1n) is 6.47. The van der Waals surface area contributed by atoms with E-state index in [1.165, 1.54) is 12.1 Å². The quantitative estimate of drug-likeness (QED) is 0.798. The molecule has 20 heavy (non-hydrogen) atoms. The molecule has 1 unspecified atom stereocenters. The van der Waals surface area contributed by atoms with Gasteiger partial charge in [0, 0.05) is 22.1 Å². The lowest BCUT2D eigenvalue weighted by Crippen LogP contribution is -2.27. The maximum Gasteiger partial charge on any atom is 0.124 e. The molecule has 0 bridgehead atoms. The molecule has 0 amide bonds. The zero-order valence-electron chi connectivity index (χ0n) is 11.2. The molecule has 2 aromatic carbocycles. The van der Waals surface area contributed by atoms with E-state index in [-0.39, 0.29) is 11.9 Å². The lowest BCUT2D eigenvalue weighted by atomic mass is 10.1. The minimum Gasteiger partial charge on any atom is -0.310 e. The third kappa shape index (κ3) is 4.30. The first-order valence-corrected chi connectivity index (χ1v) is 7.64. The summed E-state index contributed by atoms with van der Waals surface area (Å²) < 4.78 is 13.8. The first kappa shape index (κ1) is 15.5. The van der Waals surface area contributed by atoms with Gasteiger partial charge in [-0.25, -0.2) is 4.39 Å². The van der Waals surface area contributed by atoms with Crippen LogP contribution in [0.4, 0.5) is 4.39 Å². The second kappa shape index (κ2) is 7.21. The van der Waals surface area contributed by atoms with Gasteiger partial charge in [-0.3, -0.25) is 0 Å². The third-order valence-corrected chi connectivity index (χ3v) is 4.25. The second-order valence-corrected chi connectivity index (χ2v) is 6.07. The van der Waals surface area contributed by atoms with Crippen molar-refractivity contribution in [3.05, 3.63) is 68.9 Å². The lowest BCUT2D eigenvalue weighted by Gasteiger charge is -2.15. The smallest absolute Gasteiger partial charge is 0.124 e. The summed E-state index contributed by atoms with van der Waals surface area (Å²) in [5.74, 6) is -0.232. The zero-order chi connectivity index (χ0) is 14.5. The highest BCUT2D eigenvalue weighted by atomic mass is 79.9. The summed E-state index contributed by atoms with van der Waals surface area (Å²) >= 11 is 9.53. The lowest BCUT2D eigenvalue weighted by molar-refractivity contribution is 0.543. The van der Waals surface area contributed by atoms with E-state index in [0.29, 0.717) is 6.54 Å². The summed E-state index contributed by atoms with van der Waals surface area (Å²) in [6.07, 6.45) is 0.860. The van der Waals surface area contributed by atoms with Crippen molar-refractivity contribution in [3.63, 3.8) is 0 Å². The van der Waals surface area contributed by atoms with Crippen molar-refractivity contribution < 1.29 is 4.39 Å². The SMILES string of the molecule is CC(Cc1ccccc1Cl)NCc1ccc(F)cc1Br. The Labute approximate surface area is 132 Å². The fourth-order valence-electron chi connectivity index (χ4n) is 2.02. The molecule has 0 saturated heterocycles. The molecule has 0 aliphatic heterocycles. The van der Waals surface area contributed by atoms with Gasteiger partial charge in [-0.15, -0.1) is 0 Å². The molecular weight excluding hydrogens is 341 g/mol. The standard InChI is InChI=1S/C16H16BrClFN/c1-11(8-12-4-2-3-5-16(12)18)20-10-13-6-7-14(19)9-15(13)17/h2-7,9,11,20H,8,10H2,1H3. The highest BCUT2D eigenvalue weighted by molar-refractivity contribution is 9.10. The number of hydrogen-bond acceptors (Lipinski definition) is 1. The summed E-state index contributed by atoms with van der Waals surface area (Å²) in [5.41, 5.74) is 2.17. The Bertz CT molecular complexity index is 588. The van der Waals surface area contributed by atoms with Crippen LogP contribution in [0.25, 0.3) is 0 Å². The third-order valence-electron chi connectivity index (χ3n) is 3.14. The summed E-state index contributed by atoms with van der Waals surface area (Å²) in [6.45, 7) is 2.80. The van der Waals surface area contributed by atoms with Crippen molar-refractivity contribution in [2.45, 2.75) is 25.9 Å². The largest absolute Gasteiger partial charge is 0.310 e. The number of rotatable bonds is 5. The van der Waals surface area contributed by atoms with E-state index >= 15 is 0 Å². The highest BCUT2D eigenvalue weighted by Crippen LogP contribution is 2.19. The van der Waals surface area contributed by atoms with Crippen LogP contribution < -0.4 is 5.32 Å². The van der Waals surface area contributed by atoms with Crippen LogP contribution in [0.1, 0.15) is 18.1 Å². The number of hydrogen-bond donors (Lipinski definition) is 1. The van der Waals surface area contributed by atoms with Crippen molar-refractivity contribution in [2.75, 3.05) is 0 Å². The van der Waals surface area contributed by atoms with Crippen molar-refractivity contribution in [2.24, 2.45) is 0 Å². The van der Waals surface area contributed by atoms with Gasteiger partial charge < -0.3 is 5.32 Å². The Balaban J connectivity index is 1.92. The molecular formula is C16H16BrClFN. The molecule has 1 atom stereocenters. The van der Waals surface area contributed by atoms with E-state index in [1.807, 2.05) is 24.3 Å². The normalized spacial score (nSPS) is 12.4. The van der Waals surface area contributed by atoms with Crippen LogP contribution in [0.5, 0.6) is 0 Å². The van der Waals surface area contributed by atoms with Gasteiger partial charge in [-0.2, -0.15) is 0 Å². The molecule has 1 nitrogen and oxygen atoms in total. The summed E-state index contributed by atoms with van der Waals surface area (Å²) in [4.78, 5) is 0. The minimum absolute atomic E-state index is 0.232. The maximum atomic E-state index is 13.0. The molecule has 0 aromatic heterocycles. The Kier molecular flexibility index (Phi) is 5.58. The molecule has 0 aliphatic carbocycles. The van der Waals surface area contributed by atoms with Gasteiger partial charge in [-0.05, 0) is 42.7 Å². The molecule has 2 aromatic rings. The van der Waals surface area contributed by atoms with Crippen LogP contribution in [-0.2, 0) is 13.0 Å². The minimum atomic E-state index is -0.232. The van der Waals surface area contributed by atoms with E-state index in [4.69, 9.17) is 11.6 Å². The Morgan fingerprint density at radius 2 is 1.95 bits per heavy atom. The summed E-state index contributed by atoms with van der Waals surface area (Å²) in [7, 11) is 0. The molecule has 106 valence electrons. The van der Waals surface area contributed by atoms with Gasteiger partial charge in [0.25, 0.3) is 0 Å². The fourth-order valence-corrected chi connectivity index (χ4v) is 2.72. The maximum absolute atomic E-state index is 13.0. The van der Waals surface area contributed by atoms with Gasteiger partial charge in [0.05, 0.1) is 0 Å². The molecule has 4 heteroatoms. The van der Waals surface area contributed by atoms with Crippen LogP contribution in [0.3, 0.4) is 0 Å². The van der Waals surface area contributed by atoms with E-state index in [0.717, 1.165) is 27.0 Å². The average Bonchev–Trinajstić information content (AvgIpc) is 2.40. The van der Waals surface area contributed by atoms with Crippen molar-refractivity contribution >= 4 is 27.5 Å². The van der Waals surface area contributed by atoms with E-state index < -0.39 is 0 Å². The van der Waals surface area contributed by atoms with Crippen LogP contribution in [0.15, 0.2) is 46.9 Å². The van der Waals surface area contributed by atoms with Gasteiger partial charge in [0.2, 0.25) is 0 Å². The second-order valence-electron chi connectivity index (χ2n) is 4.81.